The quantitative estimate of drug-likeness (QED) is 0.896. The van der Waals surface area contributed by atoms with E-state index >= 15 is 0 Å². The minimum absolute atomic E-state index is 0.481. The van der Waals surface area contributed by atoms with E-state index in [2.05, 4.69) is 29.8 Å². The molecule has 1 aromatic carbocycles. The first-order valence-electron chi connectivity index (χ1n) is 5.89. The summed E-state index contributed by atoms with van der Waals surface area (Å²) < 4.78 is 6.22. The molecule has 0 saturated heterocycles. The highest BCUT2D eigenvalue weighted by molar-refractivity contribution is 9.10. The molecular weight excluding hydrogens is 280 g/mol. The Hall–Kier alpha value is -0.540. The van der Waals surface area contributed by atoms with Crippen LogP contribution in [0.15, 0.2) is 22.7 Å². The van der Waals surface area contributed by atoms with Gasteiger partial charge in [0.1, 0.15) is 5.75 Å². The van der Waals surface area contributed by atoms with Gasteiger partial charge in [-0.15, -0.1) is 0 Å². The van der Waals surface area contributed by atoms with Crippen molar-refractivity contribution in [1.29, 1.82) is 0 Å². The zero-order valence-corrected chi connectivity index (χ0v) is 12.5. The third kappa shape index (κ3) is 4.68. The standard InChI is InChI=1S/C14H21BrO2/c1-10(2)8-14(3,16)9-11-7-12(17-4)5-6-13(11)15/h5-7,10,16H,8-9H2,1-4H3. The van der Waals surface area contributed by atoms with E-state index in [0.717, 1.165) is 22.2 Å². The Morgan fingerprint density at radius 3 is 2.59 bits per heavy atom. The molecule has 1 atom stereocenters. The van der Waals surface area contributed by atoms with Gasteiger partial charge < -0.3 is 9.84 Å². The number of ether oxygens (including phenoxy) is 1. The Morgan fingerprint density at radius 2 is 2.06 bits per heavy atom. The second-order valence-corrected chi connectivity index (χ2v) is 6.08. The van der Waals surface area contributed by atoms with Crippen molar-refractivity contribution >= 4 is 15.9 Å². The van der Waals surface area contributed by atoms with Crippen molar-refractivity contribution in [2.24, 2.45) is 5.92 Å². The highest BCUT2D eigenvalue weighted by atomic mass is 79.9. The van der Waals surface area contributed by atoms with Crippen molar-refractivity contribution in [2.45, 2.75) is 39.2 Å². The Kier molecular flexibility index (Phi) is 5.02. The predicted molar refractivity (Wildman–Crippen MR) is 74.5 cm³/mol. The number of rotatable bonds is 5. The lowest BCUT2D eigenvalue weighted by Gasteiger charge is -2.26. The van der Waals surface area contributed by atoms with E-state index in [1.54, 1.807) is 7.11 Å². The molecule has 0 bridgehead atoms. The minimum Gasteiger partial charge on any atom is -0.497 e. The van der Waals surface area contributed by atoms with E-state index in [1.807, 2.05) is 25.1 Å². The number of halogens is 1. The highest BCUT2D eigenvalue weighted by Crippen LogP contribution is 2.28. The molecule has 0 aromatic heterocycles. The molecule has 0 radical (unpaired) electrons. The normalized spacial score (nSPS) is 14.8. The third-order valence-corrected chi connectivity index (χ3v) is 3.45. The third-order valence-electron chi connectivity index (χ3n) is 2.67. The van der Waals surface area contributed by atoms with Crippen LogP contribution < -0.4 is 4.74 Å². The highest BCUT2D eigenvalue weighted by Gasteiger charge is 2.23. The predicted octanol–water partition coefficient (Wildman–Crippen LogP) is 3.80. The molecule has 0 spiro atoms. The van der Waals surface area contributed by atoms with Gasteiger partial charge in [0.15, 0.2) is 0 Å². The van der Waals surface area contributed by atoms with E-state index in [9.17, 15) is 5.11 Å². The number of hydrogen-bond donors (Lipinski definition) is 1. The first-order valence-corrected chi connectivity index (χ1v) is 6.68. The van der Waals surface area contributed by atoms with E-state index < -0.39 is 5.60 Å². The minimum atomic E-state index is -0.678. The lowest BCUT2D eigenvalue weighted by Crippen LogP contribution is -2.29. The summed E-state index contributed by atoms with van der Waals surface area (Å²) in [5.74, 6) is 1.30. The van der Waals surface area contributed by atoms with E-state index in [4.69, 9.17) is 4.74 Å². The van der Waals surface area contributed by atoms with Crippen molar-refractivity contribution in [3.63, 3.8) is 0 Å². The summed E-state index contributed by atoms with van der Waals surface area (Å²) in [5, 5.41) is 10.4. The van der Waals surface area contributed by atoms with Crippen molar-refractivity contribution in [2.75, 3.05) is 7.11 Å². The zero-order chi connectivity index (χ0) is 13.1. The van der Waals surface area contributed by atoms with Crippen LogP contribution in [0, 0.1) is 5.92 Å². The summed E-state index contributed by atoms with van der Waals surface area (Å²) in [6.45, 7) is 6.13. The molecule has 0 aliphatic carbocycles. The van der Waals surface area contributed by atoms with Crippen LogP contribution in [0.1, 0.15) is 32.8 Å². The molecule has 3 heteroatoms. The fraction of sp³-hybridized carbons (Fsp3) is 0.571. The van der Waals surface area contributed by atoms with Crippen molar-refractivity contribution in [3.05, 3.63) is 28.2 Å². The second-order valence-electron chi connectivity index (χ2n) is 5.23. The van der Waals surface area contributed by atoms with Gasteiger partial charge in [-0.3, -0.25) is 0 Å². The lowest BCUT2D eigenvalue weighted by atomic mass is 9.88. The fourth-order valence-corrected chi connectivity index (χ4v) is 2.56. The molecule has 0 aliphatic rings. The molecule has 1 N–H and O–H groups in total. The molecule has 2 nitrogen and oxygen atoms in total. The molecule has 1 unspecified atom stereocenters. The molecule has 0 heterocycles. The monoisotopic (exact) mass is 300 g/mol. The van der Waals surface area contributed by atoms with Crippen LogP contribution in [0.4, 0.5) is 0 Å². The van der Waals surface area contributed by atoms with Gasteiger partial charge in [0.25, 0.3) is 0 Å². The lowest BCUT2D eigenvalue weighted by molar-refractivity contribution is 0.0386. The summed E-state index contributed by atoms with van der Waals surface area (Å²) in [5.41, 5.74) is 0.401. The Balaban J connectivity index is 2.86. The Morgan fingerprint density at radius 1 is 1.41 bits per heavy atom. The van der Waals surface area contributed by atoms with Crippen LogP contribution in [0.3, 0.4) is 0 Å². The summed E-state index contributed by atoms with van der Waals surface area (Å²) in [6, 6.07) is 5.84. The van der Waals surface area contributed by atoms with Gasteiger partial charge in [-0.05, 0) is 43.0 Å². The van der Waals surface area contributed by atoms with Gasteiger partial charge in [-0.1, -0.05) is 29.8 Å². The van der Waals surface area contributed by atoms with Gasteiger partial charge in [0, 0.05) is 10.9 Å². The van der Waals surface area contributed by atoms with E-state index in [0.29, 0.717) is 12.3 Å². The Bertz CT molecular complexity index is 372. The van der Waals surface area contributed by atoms with Crippen LogP contribution in [0.25, 0.3) is 0 Å². The maximum atomic E-state index is 10.4. The first kappa shape index (κ1) is 14.5. The zero-order valence-electron chi connectivity index (χ0n) is 11.0. The first-order chi connectivity index (χ1) is 7.84. The number of aliphatic hydroxyl groups is 1. The molecule has 0 fully saturated rings. The smallest absolute Gasteiger partial charge is 0.119 e. The van der Waals surface area contributed by atoms with E-state index in [-0.39, 0.29) is 0 Å². The number of benzene rings is 1. The van der Waals surface area contributed by atoms with Gasteiger partial charge in [0.05, 0.1) is 12.7 Å². The average molecular weight is 301 g/mol. The fourth-order valence-electron chi connectivity index (χ4n) is 2.18. The van der Waals surface area contributed by atoms with Crippen LogP contribution in [0.5, 0.6) is 5.75 Å². The molecule has 0 saturated carbocycles. The van der Waals surface area contributed by atoms with Gasteiger partial charge in [0.2, 0.25) is 0 Å². The summed E-state index contributed by atoms with van der Waals surface area (Å²) in [6.07, 6.45) is 1.42. The molecule has 1 aromatic rings. The summed E-state index contributed by atoms with van der Waals surface area (Å²) in [7, 11) is 1.65. The topological polar surface area (TPSA) is 29.5 Å². The van der Waals surface area contributed by atoms with Gasteiger partial charge >= 0.3 is 0 Å². The van der Waals surface area contributed by atoms with Crippen LogP contribution in [-0.2, 0) is 6.42 Å². The molecule has 0 aliphatic heterocycles. The van der Waals surface area contributed by atoms with Gasteiger partial charge in [-0.25, -0.2) is 0 Å². The molecule has 1 rings (SSSR count). The van der Waals surface area contributed by atoms with Crippen LogP contribution in [0.2, 0.25) is 0 Å². The van der Waals surface area contributed by atoms with Crippen LogP contribution >= 0.6 is 15.9 Å². The molecular formula is C14H21BrO2. The molecule has 17 heavy (non-hydrogen) atoms. The SMILES string of the molecule is COc1ccc(Br)c(CC(C)(O)CC(C)C)c1. The second kappa shape index (κ2) is 5.87. The number of methoxy groups -OCH3 is 1. The molecule has 0 amide bonds. The van der Waals surface area contributed by atoms with Crippen LogP contribution in [-0.4, -0.2) is 17.8 Å². The Labute approximate surface area is 112 Å². The van der Waals surface area contributed by atoms with Gasteiger partial charge in [-0.2, -0.15) is 0 Å². The average Bonchev–Trinajstić information content (AvgIpc) is 2.19. The van der Waals surface area contributed by atoms with E-state index in [1.165, 1.54) is 0 Å². The maximum absolute atomic E-state index is 10.4. The van der Waals surface area contributed by atoms with Crippen molar-refractivity contribution < 1.29 is 9.84 Å². The number of hydrogen-bond acceptors (Lipinski definition) is 2. The van der Waals surface area contributed by atoms with Crippen molar-refractivity contribution in [1.82, 2.24) is 0 Å². The summed E-state index contributed by atoms with van der Waals surface area (Å²) in [4.78, 5) is 0. The largest absolute Gasteiger partial charge is 0.497 e. The maximum Gasteiger partial charge on any atom is 0.119 e. The summed E-state index contributed by atoms with van der Waals surface area (Å²) >= 11 is 3.51. The van der Waals surface area contributed by atoms with Crippen molar-refractivity contribution in [3.8, 4) is 5.75 Å². The molecule has 96 valence electrons.